The Balaban J connectivity index is 1.91. The van der Waals surface area contributed by atoms with E-state index in [2.05, 4.69) is 20.8 Å². The molecule has 0 radical (unpaired) electrons. The largest absolute Gasteiger partial charge is 0.481 e. The van der Waals surface area contributed by atoms with E-state index >= 15 is 0 Å². The molecule has 6 nitrogen and oxygen atoms in total. The average molecular weight is 357 g/mol. The van der Waals surface area contributed by atoms with Crippen LogP contribution < -0.4 is 0 Å². The number of hydrogen-bond donors (Lipinski definition) is 1. The molecule has 1 aliphatic heterocycles. The van der Waals surface area contributed by atoms with Crippen molar-refractivity contribution in [2.75, 3.05) is 13.1 Å². The van der Waals surface area contributed by atoms with E-state index in [1.165, 1.54) is 12.1 Å². The lowest BCUT2D eigenvalue weighted by Gasteiger charge is -2.16. The van der Waals surface area contributed by atoms with Crippen LogP contribution in [0.2, 0.25) is 0 Å². The highest BCUT2D eigenvalue weighted by molar-refractivity contribution is 9.10. The third-order valence-corrected chi connectivity index (χ3v) is 4.52. The lowest BCUT2D eigenvalue weighted by molar-refractivity contribution is -0.384. The van der Waals surface area contributed by atoms with Gasteiger partial charge in [0.05, 0.1) is 4.92 Å². The number of nitro groups is 1. The van der Waals surface area contributed by atoms with Crippen LogP contribution in [0.4, 0.5) is 5.69 Å². The van der Waals surface area contributed by atoms with E-state index in [9.17, 15) is 14.9 Å². The van der Waals surface area contributed by atoms with Crippen LogP contribution in [0.15, 0.2) is 22.7 Å². The van der Waals surface area contributed by atoms with Crippen molar-refractivity contribution in [3.63, 3.8) is 0 Å². The molecule has 1 unspecified atom stereocenters. The summed E-state index contributed by atoms with van der Waals surface area (Å²) in [6, 6.07) is 4.80. The Kier molecular flexibility index (Phi) is 5.30. The van der Waals surface area contributed by atoms with Crippen molar-refractivity contribution >= 4 is 27.6 Å². The molecule has 0 saturated carbocycles. The van der Waals surface area contributed by atoms with E-state index < -0.39 is 10.9 Å². The van der Waals surface area contributed by atoms with Crippen molar-refractivity contribution in [1.82, 2.24) is 4.90 Å². The summed E-state index contributed by atoms with van der Waals surface area (Å²) in [5, 5.41) is 19.4. The fraction of sp³-hybridized carbons (Fsp3) is 0.500. The summed E-state index contributed by atoms with van der Waals surface area (Å²) in [6.07, 6.45) is 1.95. The minimum Gasteiger partial charge on any atom is -0.481 e. The number of nitrogens with zero attached hydrogens (tertiary/aromatic N) is 2. The van der Waals surface area contributed by atoms with Gasteiger partial charge in [-0.2, -0.15) is 0 Å². The van der Waals surface area contributed by atoms with Crippen LogP contribution in [0, 0.1) is 16.0 Å². The lowest BCUT2D eigenvalue weighted by atomic mass is 10.0. The fourth-order valence-electron chi connectivity index (χ4n) is 2.64. The molecule has 1 aromatic carbocycles. The molecule has 1 heterocycles. The number of aliphatic carboxylic acids is 1. The summed E-state index contributed by atoms with van der Waals surface area (Å²) < 4.78 is 0.741. The quantitative estimate of drug-likeness (QED) is 0.625. The third kappa shape index (κ3) is 4.50. The van der Waals surface area contributed by atoms with E-state index in [1.54, 1.807) is 6.07 Å². The Morgan fingerprint density at radius 3 is 2.90 bits per heavy atom. The first kappa shape index (κ1) is 15.9. The first-order valence-electron chi connectivity index (χ1n) is 6.82. The van der Waals surface area contributed by atoms with Gasteiger partial charge in [-0.15, -0.1) is 0 Å². The van der Waals surface area contributed by atoms with Gasteiger partial charge in [-0.25, -0.2) is 0 Å². The molecule has 7 heteroatoms. The highest BCUT2D eigenvalue weighted by Gasteiger charge is 2.23. The summed E-state index contributed by atoms with van der Waals surface area (Å²) in [6.45, 7) is 2.55. The Labute approximate surface area is 131 Å². The molecule has 1 aliphatic rings. The number of carboxylic acid groups (broad SMARTS) is 1. The second-order valence-corrected chi connectivity index (χ2v) is 6.21. The maximum atomic E-state index is 10.7. The minimum atomic E-state index is -0.744. The van der Waals surface area contributed by atoms with Gasteiger partial charge in [0.25, 0.3) is 5.69 Å². The van der Waals surface area contributed by atoms with E-state index in [-0.39, 0.29) is 12.1 Å². The summed E-state index contributed by atoms with van der Waals surface area (Å²) in [7, 11) is 0. The standard InChI is InChI=1S/C14H17BrN2O4/c15-13-7-12(17(20)21)3-2-11(13)9-16-6-5-10(8-16)1-4-14(18)19/h2-3,7,10H,1,4-6,8-9H2,(H,18,19). The number of benzene rings is 1. The molecule has 21 heavy (non-hydrogen) atoms. The Bertz CT molecular complexity index is 550. The van der Waals surface area contributed by atoms with E-state index in [0.717, 1.165) is 36.1 Å². The van der Waals surface area contributed by atoms with Crippen LogP contribution in [0.3, 0.4) is 0 Å². The summed E-state index contributed by atoms with van der Waals surface area (Å²) in [5.41, 5.74) is 1.09. The fourth-order valence-corrected chi connectivity index (χ4v) is 3.13. The van der Waals surface area contributed by atoms with Crippen molar-refractivity contribution in [1.29, 1.82) is 0 Å². The Morgan fingerprint density at radius 1 is 1.52 bits per heavy atom. The molecule has 0 amide bonds. The van der Waals surface area contributed by atoms with Crippen LogP contribution in [0.25, 0.3) is 0 Å². The number of rotatable bonds is 6. The second-order valence-electron chi connectivity index (χ2n) is 5.36. The molecular weight excluding hydrogens is 340 g/mol. The van der Waals surface area contributed by atoms with Crippen molar-refractivity contribution in [2.45, 2.75) is 25.8 Å². The molecule has 1 saturated heterocycles. The molecule has 0 aromatic heterocycles. The summed E-state index contributed by atoms with van der Waals surface area (Å²) in [4.78, 5) is 23.1. The first-order chi connectivity index (χ1) is 9.95. The van der Waals surface area contributed by atoms with Crippen molar-refractivity contribution < 1.29 is 14.8 Å². The molecule has 1 fully saturated rings. The maximum absolute atomic E-state index is 10.7. The first-order valence-corrected chi connectivity index (χ1v) is 7.62. The number of likely N-dealkylation sites (tertiary alicyclic amines) is 1. The van der Waals surface area contributed by atoms with E-state index in [4.69, 9.17) is 5.11 Å². The van der Waals surface area contributed by atoms with Gasteiger partial charge in [0.2, 0.25) is 0 Å². The zero-order chi connectivity index (χ0) is 15.4. The Morgan fingerprint density at radius 2 is 2.29 bits per heavy atom. The van der Waals surface area contributed by atoms with Gasteiger partial charge in [-0.05, 0) is 36.9 Å². The third-order valence-electron chi connectivity index (χ3n) is 3.78. The smallest absolute Gasteiger partial charge is 0.303 e. The number of halogens is 1. The zero-order valence-electron chi connectivity index (χ0n) is 11.5. The predicted octanol–water partition coefficient (Wildman–Crippen LogP) is 3.04. The molecule has 114 valence electrons. The van der Waals surface area contributed by atoms with Crippen LogP contribution in [-0.2, 0) is 11.3 Å². The van der Waals surface area contributed by atoms with Crippen LogP contribution in [0.1, 0.15) is 24.8 Å². The van der Waals surface area contributed by atoms with E-state index in [0.29, 0.717) is 12.3 Å². The number of hydrogen-bond acceptors (Lipinski definition) is 4. The summed E-state index contributed by atoms with van der Waals surface area (Å²) >= 11 is 3.38. The molecule has 1 atom stereocenters. The van der Waals surface area contributed by atoms with Crippen LogP contribution >= 0.6 is 15.9 Å². The van der Waals surface area contributed by atoms with Gasteiger partial charge in [-0.3, -0.25) is 19.8 Å². The maximum Gasteiger partial charge on any atom is 0.303 e. The molecular formula is C14H17BrN2O4. The molecule has 0 aliphatic carbocycles. The zero-order valence-corrected chi connectivity index (χ0v) is 13.1. The second kappa shape index (κ2) is 7.00. The van der Waals surface area contributed by atoms with Gasteiger partial charge in [0.1, 0.15) is 0 Å². The van der Waals surface area contributed by atoms with Gasteiger partial charge in [0.15, 0.2) is 0 Å². The number of carboxylic acids is 1. The van der Waals surface area contributed by atoms with Crippen LogP contribution in [-0.4, -0.2) is 34.0 Å². The van der Waals surface area contributed by atoms with Gasteiger partial charge in [0, 0.05) is 36.1 Å². The monoisotopic (exact) mass is 356 g/mol. The van der Waals surface area contributed by atoms with Gasteiger partial charge >= 0.3 is 5.97 Å². The molecule has 0 spiro atoms. The normalized spacial score (nSPS) is 18.8. The number of nitro benzene ring substituents is 1. The van der Waals surface area contributed by atoms with Crippen molar-refractivity contribution in [3.05, 3.63) is 38.3 Å². The molecule has 2 rings (SSSR count). The predicted molar refractivity (Wildman–Crippen MR) is 81.1 cm³/mol. The van der Waals surface area contributed by atoms with Gasteiger partial charge < -0.3 is 5.11 Å². The summed E-state index contributed by atoms with van der Waals surface area (Å²) in [5.74, 6) is -0.315. The molecule has 1 aromatic rings. The Hall–Kier alpha value is -1.47. The SMILES string of the molecule is O=C(O)CCC1CCN(Cc2ccc([N+](=O)[O-])cc2Br)C1. The topological polar surface area (TPSA) is 83.7 Å². The highest BCUT2D eigenvalue weighted by Crippen LogP contribution is 2.27. The van der Waals surface area contributed by atoms with Gasteiger partial charge in [-0.1, -0.05) is 15.9 Å². The minimum absolute atomic E-state index is 0.0754. The number of carbonyl (C=O) groups is 1. The van der Waals surface area contributed by atoms with Crippen molar-refractivity contribution in [2.24, 2.45) is 5.92 Å². The average Bonchev–Trinajstić information content (AvgIpc) is 2.86. The molecule has 0 bridgehead atoms. The van der Waals surface area contributed by atoms with Crippen molar-refractivity contribution in [3.8, 4) is 0 Å². The number of non-ortho nitro benzene ring substituents is 1. The molecule has 1 N–H and O–H groups in total. The van der Waals surface area contributed by atoms with Crippen LogP contribution in [0.5, 0.6) is 0 Å². The highest BCUT2D eigenvalue weighted by atomic mass is 79.9. The lowest BCUT2D eigenvalue weighted by Crippen LogP contribution is -2.20. The van der Waals surface area contributed by atoms with E-state index in [1.807, 2.05) is 0 Å².